The van der Waals surface area contributed by atoms with Gasteiger partial charge >= 0.3 is 0 Å². The Morgan fingerprint density at radius 2 is 2.35 bits per heavy atom. The predicted molar refractivity (Wildman–Crippen MR) is 71.0 cm³/mol. The minimum atomic E-state index is 0.136. The van der Waals surface area contributed by atoms with Gasteiger partial charge in [-0.15, -0.1) is 0 Å². The van der Waals surface area contributed by atoms with Gasteiger partial charge in [-0.3, -0.25) is 9.58 Å². The highest BCUT2D eigenvalue weighted by molar-refractivity contribution is 4.98. The van der Waals surface area contributed by atoms with Gasteiger partial charge in [0, 0.05) is 32.6 Å². The van der Waals surface area contributed by atoms with Crippen molar-refractivity contribution in [2.75, 3.05) is 20.2 Å². The van der Waals surface area contributed by atoms with E-state index < -0.39 is 0 Å². The number of ether oxygens (including phenoxy) is 1. The third-order valence-corrected chi connectivity index (χ3v) is 3.70. The molecule has 3 rings (SSSR count). The second kappa shape index (κ2) is 5.72. The molecule has 0 aromatic carbocycles. The van der Waals surface area contributed by atoms with E-state index in [4.69, 9.17) is 9.26 Å². The zero-order chi connectivity index (χ0) is 13.9. The third kappa shape index (κ3) is 2.73. The van der Waals surface area contributed by atoms with Crippen molar-refractivity contribution in [1.82, 2.24) is 24.8 Å². The maximum atomic E-state index is 5.48. The van der Waals surface area contributed by atoms with Crippen LogP contribution in [0.5, 0.6) is 0 Å². The van der Waals surface area contributed by atoms with Gasteiger partial charge in [0.25, 0.3) is 0 Å². The fourth-order valence-corrected chi connectivity index (χ4v) is 2.65. The zero-order valence-corrected chi connectivity index (χ0v) is 11.8. The van der Waals surface area contributed by atoms with Gasteiger partial charge < -0.3 is 9.26 Å². The molecule has 1 aliphatic heterocycles. The summed E-state index contributed by atoms with van der Waals surface area (Å²) in [5.74, 6) is 1.36. The summed E-state index contributed by atoms with van der Waals surface area (Å²) in [6, 6.07) is 2.07. The number of aromatic nitrogens is 4. The number of likely N-dealkylation sites (tertiary alicyclic amines) is 1. The molecule has 1 aliphatic rings. The number of nitrogens with zero attached hydrogens (tertiary/aromatic N) is 5. The topological polar surface area (TPSA) is 69.2 Å². The lowest BCUT2D eigenvalue weighted by Crippen LogP contribution is -2.29. The molecule has 2 aromatic rings. The molecule has 1 saturated heterocycles. The minimum Gasteiger partial charge on any atom is -0.380 e. The summed E-state index contributed by atoms with van der Waals surface area (Å²) in [6.45, 7) is 4.44. The molecule has 1 fully saturated rings. The molecule has 0 aliphatic carbocycles. The fraction of sp³-hybridized carbons (Fsp3) is 0.615. The van der Waals surface area contributed by atoms with Gasteiger partial charge in [-0.05, 0) is 19.4 Å². The lowest BCUT2D eigenvalue weighted by Gasteiger charge is -2.20. The molecule has 0 spiro atoms. The molecule has 108 valence electrons. The van der Waals surface area contributed by atoms with E-state index in [-0.39, 0.29) is 12.1 Å². The first-order chi connectivity index (χ1) is 9.76. The highest BCUT2D eigenvalue weighted by Gasteiger charge is 2.36. The van der Waals surface area contributed by atoms with Crippen molar-refractivity contribution < 1.29 is 9.26 Å². The van der Waals surface area contributed by atoms with Gasteiger partial charge in [0.15, 0.2) is 5.82 Å². The summed E-state index contributed by atoms with van der Waals surface area (Å²) in [7, 11) is 1.75. The summed E-state index contributed by atoms with van der Waals surface area (Å²) in [4.78, 5) is 6.68. The first kappa shape index (κ1) is 13.3. The smallest absolute Gasteiger partial charge is 0.244 e. The Morgan fingerprint density at radius 1 is 1.45 bits per heavy atom. The van der Waals surface area contributed by atoms with Gasteiger partial charge in [0.2, 0.25) is 5.89 Å². The second-order valence-corrected chi connectivity index (χ2v) is 5.05. The van der Waals surface area contributed by atoms with Crippen molar-refractivity contribution in [1.29, 1.82) is 0 Å². The van der Waals surface area contributed by atoms with Crippen LogP contribution in [0.3, 0.4) is 0 Å². The lowest BCUT2D eigenvalue weighted by atomic mass is 10.2. The number of hydrogen-bond acceptors (Lipinski definition) is 6. The predicted octanol–water partition coefficient (Wildman–Crippen LogP) is 1.04. The van der Waals surface area contributed by atoms with Crippen LogP contribution in [-0.4, -0.2) is 51.1 Å². The van der Waals surface area contributed by atoms with E-state index in [1.54, 1.807) is 13.3 Å². The average molecular weight is 277 g/mol. The van der Waals surface area contributed by atoms with Crippen LogP contribution in [0.4, 0.5) is 0 Å². The normalized spacial score (nSPS) is 23.5. The Bertz CT molecular complexity index is 539. The molecule has 7 heteroatoms. The zero-order valence-electron chi connectivity index (χ0n) is 11.8. The second-order valence-electron chi connectivity index (χ2n) is 5.05. The average Bonchev–Trinajstić information content (AvgIpc) is 3.16. The van der Waals surface area contributed by atoms with Crippen molar-refractivity contribution in [3.05, 3.63) is 30.2 Å². The highest BCUT2D eigenvalue weighted by Crippen LogP contribution is 2.32. The van der Waals surface area contributed by atoms with Crippen molar-refractivity contribution >= 4 is 0 Å². The Morgan fingerprint density at radius 3 is 3.00 bits per heavy atom. The molecule has 7 nitrogen and oxygen atoms in total. The molecule has 0 saturated carbocycles. The van der Waals surface area contributed by atoms with Gasteiger partial charge in [0.1, 0.15) is 0 Å². The van der Waals surface area contributed by atoms with E-state index in [0.717, 1.165) is 26.1 Å². The van der Waals surface area contributed by atoms with Crippen molar-refractivity contribution in [2.24, 2.45) is 0 Å². The fourth-order valence-electron chi connectivity index (χ4n) is 2.65. The molecule has 2 aromatic heterocycles. The highest BCUT2D eigenvalue weighted by atomic mass is 16.5. The quantitative estimate of drug-likeness (QED) is 0.813. The molecule has 0 N–H and O–H groups in total. The number of hydrogen-bond donors (Lipinski definition) is 0. The van der Waals surface area contributed by atoms with Gasteiger partial charge in [0.05, 0.1) is 18.7 Å². The van der Waals surface area contributed by atoms with Crippen LogP contribution in [0, 0.1) is 6.92 Å². The summed E-state index contributed by atoms with van der Waals surface area (Å²) < 4.78 is 12.7. The molecule has 0 bridgehead atoms. The van der Waals surface area contributed by atoms with Crippen LogP contribution >= 0.6 is 0 Å². The van der Waals surface area contributed by atoms with Crippen molar-refractivity contribution in [2.45, 2.75) is 32.0 Å². The van der Waals surface area contributed by atoms with Crippen LogP contribution in [0.15, 0.2) is 23.0 Å². The monoisotopic (exact) mass is 277 g/mol. The summed E-state index contributed by atoms with van der Waals surface area (Å²) in [5, 5.41) is 8.11. The molecule has 0 amide bonds. The summed E-state index contributed by atoms with van der Waals surface area (Å²) >= 11 is 0. The van der Waals surface area contributed by atoms with E-state index in [1.165, 1.54) is 0 Å². The Balaban J connectivity index is 1.69. The van der Waals surface area contributed by atoms with E-state index in [1.807, 2.05) is 23.9 Å². The van der Waals surface area contributed by atoms with Gasteiger partial charge in [-0.25, -0.2) is 0 Å². The van der Waals surface area contributed by atoms with Gasteiger partial charge in [-0.2, -0.15) is 10.1 Å². The minimum absolute atomic E-state index is 0.136. The van der Waals surface area contributed by atoms with Crippen LogP contribution in [0.2, 0.25) is 0 Å². The van der Waals surface area contributed by atoms with Gasteiger partial charge in [-0.1, -0.05) is 5.16 Å². The number of aryl methyl sites for hydroxylation is 1. The van der Waals surface area contributed by atoms with Crippen LogP contribution < -0.4 is 0 Å². The molecule has 2 atom stereocenters. The summed E-state index contributed by atoms with van der Waals surface area (Å²) in [5.41, 5.74) is 0. The van der Waals surface area contributed by atoms with Crippen LogP contribution in [0.25, 0.3) is 0 Å². The van der Waals surface area contributed by atoms with Crippen molar-refractivity contribution in [3.63, 3.8) is 0 Å². The van der Waals surface area contributed by atoms with E-state index in [2.05, 4.69) is 20.1 Å². The molecule has 0 unspecified atom stereocenters. The van der Waals surface area contributed by atoms with E-state index in [0.29, 0.717) is 11.7 Å². The van der Waals surface area contributed by atoms with Crippen molar-refractivity contribution in [3.8, 4) is 0 Å². The Labute approximate surface area is 117 Å². The van der Waals surface area contributed by atoms with Crippen LogP contribution in [0.1, 0.15) is 24.2 Å². The third-order valence-electron chi connectivity index (χ3n) is 3.70. The molecule has 0 radical (unpaired) electrons. The Kier molecular flexibility index (Phi) is 3.79. The lowest BCUT2D eigenvalue weighted by molar-refractivity contribution is 0.107. The molecular formula is C13H19N5O2. The number of methoxy groups -OCH3 is 1. The SMILES string of the molecule is CO[C@H]1C[C@H](c2nc(C)no2)N(CCn2cccn2)C1. The maximum Gasteiger partial charge on any atom is 0.244 e. The summed E-state index contributed by atoms with van der Waals surface area (Å²) in [6.07, 6.45) is 4.86. The molecular weight excluding hydrogens is 258 g/mol. The molecule has 3 heterocycles. The Hall–Kier alpha value is -1.73. The molecule has 20 heavy (non-hydrogen) atoms. The standard InChI is InChI=1S/C13H19N5O2/c1-10-15-13(20-16-10)12-8-11(19-2)9-17(12)6-7-18-5-3-4-14-18/h3-5,11-12H,6-9H2,1-2H3/t11-,12+/m0/s1. The van der Waals surface area contributed by atoms with E-state index in [9.17, 15) is 0 Å². The number of rotatable bonds is 5. The largest absolute Gasteiger partial charge is 0.380 e. The first-order valence-corrected chi connectivity index (χ1v) is 6.80. The maximum absolute atomic E-state index is 5.48. The first-order valence-electron chi connectivity index (χ1n) is 6.80. The van der Waals surface area contributed by atoms with Crippen LogP contribution in [-0.2, 0) is 11.3 Å². The van der Waals surface area contributed by atoms with E-state index >= 15 is 0 Å².